The molecule has 0 bridgehead atoms. The summed E-state index contributed by atoms with van der Waals surface area (Å²) in [4.78, 5) is 27.9. The Morgan fingerprint density at radius 1 is 1.05 bits per heavy atom. The van der Waals surface area contributed by atoms with E-state index in [9.17, 15) is 18.4 Å². The van der Waals surface area contributed by atoms with Crippen molar-refractivity contribution in [2.75, 3.05) is 19.1 Å². The molecule has 3 aromatic carbocycles. The van der Waals surface area contributed by atoms with Gasteiger partial charge in [-0.05, 0) is 59.7 Å². The summed E-state index contributed by atoms with van der Waals surface area (Å²) in [6.07, 6.45) is 1.25. The number of nitrogens with zero attached hydrogens (tertiary/aromatic N) is 5. The van der Waals surface area contributed by atoms with Crippen LogP contribution in [0.2, 0.25) is 0 Å². The van der Waals surface area contributed by atoms with E-state index in [-0.39, 0.29) is 17.7 Å². The molecule has 0 saturated heterocycles. The van der Waals surface area contributed by atoms with Gasteiger partial charge in [-0.15, -0.1) is 5.10 Å². The molecule has 9 nitrogen and oxygen atoms in total. The van der Waals surface area contributed by atoms with Crippen molar-refractivity contribution < 1.29 is 23.1 Å². The molecule has 4 rings (SSSR count). The van der Waals surface area contributed by atoms with Crippen molar-refractivity contribution in [3.63, 3.8) is 0 Å². The van der Waals surface area contributed by atoms with Crippen molar-refractivity contribution in [1.82, 2.24) is 20.3 Å². The number of hydrogen-bond acceptors (Lipinski definition) is 6. The lowest BCUT2D eigenvalue weighted by Crippen LogP contribution is -2.49. The molecular weight excluding hydrogens is 506 g/mol. The number of amides is 2. The number of carbonyl (C=O) groups is 2. The highest BCUT2D eigenvalue weighted by Crippen LogP contribution is 2.20. The maximum absolute atomic E-state index is 13.9. The third-order valence-corrected chi connectivity index (χ3v) is 5.95. The SMILES string of the molecule is COc1ccc(N(C)C(=O)C(Cc2cc(F)cc(F)c2)NC(=O)c2cn(Cc3ccc(C#N)cc3)nn2)cc1. The monoisotopic (exact) mass is 530 g/mol. The minimum atomic E-state index is -1.17. The van der Waals surface area contributed by atoms with Gasteiger partial charge in [0, 0.05) is 25.2 Å². The molecule has 0 aliphatic heterocycles. The summed E-state index contributed by atoms with van der Waals surface area (Å²) in [5, 5.41) is 19.5. The Labute approximate surface area is 223 Å². The number of anilines is 1. The van der Waals surface area contributed by atoms with Crippen LogP contribution in [0, 0.1) is 23.0 Å². The number of carbonyl (C=O) groups excluding carboxylic acids is 2. The van der Waals surface area contributed by atoms with Crippen LogP contribution in [0.15, 0.2) is 72.9 Å². The Kier molecular flexibility index (Phi) is 8.26. The van der Waals surface area contributed by atoms with Gasteiger partial charge in [0.1, 0.15) is 23.4 Å². The molecule has 0 aliphatic carbocycles. The van der Waals surface area contributed by atoms with Crippen molar-refractivity contribution >= 4 is 17.5 Å². The van der Waals surface area contributed by atoms with Gasteiger partial charge in [-0.25, -0.2) is 13.5 Å². The average Bonchev–Trinajstić information content (AvgIpc) is 3.40. The van der Waals surface area contributed by atoms with Crippen molar-refractivity contribution in [1.29, 1.82) is 5.26 Å². The maximum Gasteiger partial charge on any atom is 0.274 e. The molecule has 39 heavy (non-hydrogen) atoms. The summed E-state index contributed by atoms with van der Waals surface area (Å²) in [5.74, 6) is -2.18. The number of benzene rings is 3. The highest BCUT2D eigenvalue weighted by Gasteiger charge is 2.27. The highest BCUT2D eigenvalue weighted by atomic mass is 19.1. The molecule has 1 N–H and O–H groups in total. The zero-order valence-electron chi connectivity index (χ0n) is 21.1. The molecule has 198 valence electrons. The summed E-state index contributed by atoms with van der Waals surface area (Å²) < 4.78 is 34.3. The van der Waals surface area contributed by atoms with E-state index in [1.54, 1.807) is 48.5 Å². The van der Waals surface area contributed by atoms with E-state index >= 15 is 0 Å². The van der Waals surface area contributed by atoms with Crippen molar-refractivity contribution in [2.45, 2.75) is 19.0 Å². The second-order valence-corrected chi connectivity index (χ2v) is 8.71. The van der Waals surface area contributed by atoms with E-state index in [1.807, 2.05) is 6.07 Å². The zero-order valence-corrected chi connectivity index (χ0v) is 21.1. The lowest BCUT2D eigenvalue weighted by molar-refractivity contribution is -0.120. The first-order chi connectivity index (χ1) is 18.7. The van der Waals surface area contributed by atoms with Gasteiger partial charge in [0.25, 0.3) is 5.91 Å². The zero-order chi connectivity index (χ0) is 27.9. The van der Waals surface area contributed by atoms with Crippen molar-refractivity contribution in [2.24, 2.45) is 0 Å². The number of nitriles is 1. The normalized spacial score (nSPS) is 11.4. The fourth-order valence-corrected chi connectivity index (χ4v) is 3.92. The maximum atomic E-state index is 13.9. The van der Waals surface area contributed by atoms with Crippen LogP contribution in [0.1, 0.15) is 27.2 Å². The van der Waals surface area contributed by atoms with E-state index in [2.05, 4.69) is 15.6 Å². The van der Waals surface area contributed by atoms with Crippen LogP contribution in [0.25, 0.3) is 0 Å². The Hall–Kier alpha value is -5.11. The molecule has 0 saturated carbocycles. The molecular formula is C28H24F2N6O3. The van der Waals surface area contributed by atoms with Crippen LogP contribution in [0.3, 0.4) is 0 Å². The van der Waals surface area contributed by atoms with Gasteiger partial charge in [0.2, 0.25) is 5.91 Å². The van der Waals surface area contributed by atoms with Crippen LogP contribution in [0.5, 0.6) is 5.75 Å². The first-order valence-corrected chi connectivity index (χ1v) is 11.8. The van der Waals surface area contributed by atoms with Gasteiger partial charge in [0.15, 0.2) is 5.69 Å². The topological polar surface area (TPSA) is 113 Å². The quantitative estimate of drug-likeness (QED) is 0.355. The average molecular weight is 531 g/mol. The molecule has 1 aromatic heterocycles. The van der Waals surface area contributed by atoms with E-state index in [1.165, 1.54) is 29.9 Å². The van der Waals surface area contributed by atoms with Gasteiger partial charge >= 0.3 is 0 Å². The minimum Gasteiger partial charge on any atom is -0.497 e. The third-order valence-electron chi connectivity index (χ3n) is 5.95. The number of aromatic nitrogens is 3. The molecule has 0 radical (unpaired) electrons. The first-order valence-electron chi connectivity index (χ1n) is 11.8. The Balaban J connectivity index is 1.54. The largest absolute Gasteiger partial charge is 0.497 e. The lowest BCUT2D eigenvalue weighted by atomic mass is 10.0. The van der Waals surface area contributed by atoms with E-state index in [4.69, 9.17) is 10.00 Å². The molecule has 0 aliphatic rings. The third kappa shape index (κ3) is 6.81. The number of nitrogens with one attached hydrogen (secondary N) is 1. The van der Waals surface area contributed by atoms with Crippen molar-refractivity contribution in [3.8, 4) is 11.8 Å². The number of methoxy groups -OCH3 is 1. The summed E-state index contributed by atoms with van der Waals surface area (Å²) in [5.41, 5.74) is 2.04. The summed E-state index contributed by atoms with van der Waals surface area (Å²) in [6, 6.07) is 17.4. The van der Waals surface area contributed by atoms with Gasteiger partial charge < -0.3 is 15.0 Å². The smallest absolute Gasteiger partial charge is 0.274 e. The van der Waals surface area contributed by atoms with Crippen LogP contribution in [-0.2, 0) is 17.8 Å². The van der Waals surface area contributed by atoms with Gasteiger partial charge in [-0.1, -0.05) is 17.3 Å². The lowest BCUT2D eigenvalue weighted by Gasteiger charge is -2.25. The molecule has 2 amide bonds. The Bertz CT molecular complexity index is 1490. The molecule has 1 atom stereocenters. The summed E-state index contributed by atoms with van der Waals surface area (Å²) in [7, 11) is 3.05. The number of rotatable bonds is 9. The molecule has 0 fully saturated rings. The standard InChI is InChI=1S/C28H24F2N6O3/c1-35(23-7-9-24(39-2)10-8-23)28(38)25(13-20-11-21(29)14-22(30)12-20)32-27(37)26-17-36(34-33-26)16-19-5-3-18(15-31)4-6-19/h3-12,14,17,25H,13,16H2,1-2H3,(H,32,37). The molecule has 1 heterocycles. The van der Waals surface area contributed by atoms with E-state index < -0.39 is 29.5 Å². The predicted octanol–water partition coefficient (Wildman–Crippen LogP) is 3.49. The number of likely N-dealkylation sites (N-methyl/N-ethyl adjacent to an activating group) is 1. The summed E-state index contributed by atoms with van der Waals surface area (Å²) >= 11 is 0. The van der Waals surface area contributed by atoms with E-state index in [0.29, 0.717) is 23.5 Å². The van der Waals surface area contributed by atoms with Crippen LogP contribution < -0.4 is 15.0 Å². The molecule has 0 spiro atoms. The van der Waals surface area contributed by atoms with Crippen LogP contribution in [-0.4, -0.2) is 47.0 Å². The fraction of sp³-hybridized carbons (Fsp3) is 0.179. The molecule has 4 aromatic rings. The van der Waals surface area contributed by atoms with Crippen molar-refractivity contribution in [3.05, 3.63) is 107 Å². The fourth-order valence-electron chi connectivity index (χ4n) is 3.92. The first kappa shape index (κ1) is 26.9. The molecule has 11 heteroatoms. The van der Waals surface area contributed by atoms with Crippen LogP contribution in [0.4, 0.5) is 14.5 Å². The second kappa shape index (κ2) is 12.0. The second-order valence-electron chi connectivity index (χ2n) is 8.71. The van der Waals surface area contributed by atoms with Gasteiger partial charge in [-0.3, -0.25) is 9.59 Å². The summed E-state index contributed by atoms with van der Waals surface area (Å²) in [6.45, 7) is 0.303. The number of halogens is 2. The van der Waals surface area contributed by atoms with Gasteiger partial charge in [0.05, 0.1) is 31.5 Å². The highest BCUT2D eigenvalue weighted by molar-refractivity contribution is 6.01. The van der Waals surface area contributed by atoms with Gasteiger partial charge in [-0.2, -0.15) is 5.26 Å². The van der Waals surface area contributed by atoms with Crippen LogP contribution >= 0.6 is 0 Å². The number of hydrogen-bond donors (Lipinski definition) is 1. The Morgan fingerprint density at radius 3 is 2.33 bits per heavy atom. The minimum absolute atomic E-state index is 0.0426. The van der Waals surface area contributed by atoms with E-state index in [0.717, 1.165) is 23.8 Å². The Morgan fingerprint density at radius 2 is 1.72 bits per heavy atom. The number of ether oxygens (including phenoxy) is 1. The molecule has 1 unspecified atom stereocenters. The predicted molar refractivity (Wildman–Crippen MR) is 138 cm³/mol.